The standard InChI is InChI=1S/C13H9NO2.Na.H/c15-13(16)8-5-6-12-10(7-8)9-3-1-2-4-11(9)14-12;;/h1-7,14H,(H,15,16);;. The molecule has 0 saturated carbocycles. The van der Waals surface area contributed by atoms with Gasteiger partial charge in [0.1, 0.15) is 0 Å². The van der Waals surface area contributed by atoms with E-state index in [9.17, 15) is 4.79 Å². The van der Waals surface area contributed by atoms with Crippen molar-refractivity contribution in [3.8, 4) is 0 Å². The Morgan fingerprint density at radius 1 is 1.00 bits per heavy atom. The van der Waals surface area contributed by atoms with Crippen molar-refractivity contribution in [3.05, 3.63) is 48.0 Å². The molecule has 0 amide bonds. The average Bonchev–Trinajstić information content (AvgIpc) is 2.66. The Bertz CT molecular complexity index is 703. The van der Waals surface area contributed by atoms with Gasteiger partial charge in [0.15, 0.2) is 0 Å². The van der Waals surface area contributed by atoms with Crippen LogP contribution in [0.25, 0.3) is 21.8 Å². The van der Waals surface area contributed by atoms with Crippen molar-refractivity contribution in [1.29, 1.82) is 0 Å². The van der Waals surface area contributed by atoms with Crippen molar-refractivity contribution in [3.63, 3.8) is 0 Å². The number of benzene rings is 2. The van der Waals surface area contributed by atoms with Crippen LogP contribution in [0, 0.1) is 0 Å². The van der Waals surface area contributed by atoms with E-state index < -0.39 is 5.97 Å². The molecule has 0 fully saturated rings. The van der Waals surface area contributed by atoms with E-state index in [2.05, 4.69) is 4.98 Å². The molecule has 0 aliphatic heterocycles. The molecule has 3 nitrogen and oxygen atoms in total. The number of fused-ring (bicyclic) bond motifs is 3. The Morgan fingerprint density at radius 2 is 1.71 bits per heavy atom. The summed E-state index contributed by atoms with van der Waals surface area (Å²) < 4.78 is 0. The molecule has 2 aromatic carbocycles. The van der Waals surface area contributed by atoms with Gasteiger partial charge in [-0.15, -0.1) is 0 Å². The number of aromatic amines is 1. The molecule has 0 bridgehead atoms. The first-order valence-electron chi connectivity index (χ1n) is 4.99. The molecule has 0 unspecified atom stereocenters. The number of carbonyl (C=O) groups is 1. The Kier molecular flexibility index (Phi) is 3.24. The number of rotatable bonds is 1. The Balaban J connectivity index is 0.00000108. The molecular weight excluding hydrogens is 225 g/mol. The molecule has 80 valence electrons. The molecule has 0 aliphatic rings. The maximum atomic E-state index is 10.9. The van der Waals surface area contributed by atoms with E-state index in [1.165, 1.54) is 0 Å². The van der Waals surface area contributed by atoms with Gasteiger partial charge in [-0.25, -0.2) is 4.79 Å². The first-order chi connectivity index (χ1) is 7.75. The summed E-state index contributed by atoms with van der Waals surface area (Å²) in [5.41, 5.74) is 2.31. The van der Waals surface area contributed by atoms with Crippen molar-refractivity contribution >= 4 is 57.3 Å². The van der Waals surface area contributed by atoms with Crippen molar-refractivity contribution in [2.45, 2.75) is 0 Å². The SMILES string of the molecule is O=C(O)c1ccc2[nH]c3ccccc3c2c1.[NaH]. The second kappa shape index (κ2) is 4.53. The zero-order valence-corrected chi connectivity index (χ0v) is 8.40. The first kappa shape index (κ1) is 12.2. The summed E-state index contributed by atoms with van der Waals surface area (Å²) in [6.45, 7) is 0. The number of H-pyrrole nitrogens is 1. The second-order valence-electron chi connectivity index (χ2n) is 3.74. The average molecular weight is 235 g/mol. The van der Waals surface area contributed by atoms with Crippen LogP contribution in [0.1, 0.15) is 10.4 Å². The van der Waals surface area contributed by atoms with Gasteiger partial charge in [-0.1, -0.05) is 18.2 Å². The molecule has 1 aromatic heterocycles. The predicted octanol–water partition coefficient (Wildman–Crippen LogP) is 2.37. The number of carboxylic acids is 1. The normalized spacial score (nSPS) is 10.4. The Morgan fingerprint density at radius 3 is 2.47 bits per heavy atom. The van der Waals surface area contributed by atoms with E-state index in [1.807, 2.05) is 24.3 Å². The van der Waals surface area contributed by atoms with Crippen LogP contribution in [0.15, 0.2) is 42.5 Å². The van der Waals surface area contributed by atoms with Gasteiger partial charge in [-0.3, -0.25) is 0 Å². The third kappa shape index (κ3) is 1.97. The summed E-state index contributed by atoms with van der Waals surface area (Å²) in [6.07, 6.45) is 0. The minimum atomic E-state index is -0.896. The fourth-order valence-corrected chi connectivity index (χ4v) is 1.98. The number of para-hydroxylation sites is 1. The topological polar surface area (TPSA) is 53.1 Å². The van der Waals surface area contributed by atoms with Crippen LogP contribution in [-0.2, 0) is 0 Å². The third-order valence-corrected chi connectivity index (χ3v) is 2.75. The third-order valence-electron chi connectivity index (χ3n) is 2.75. The second-order valence-corrected chi connectivity index (χ2v) is 3.74. The monoisotopic (exact) mass is 235 g/mol. The van der Waals surface area contributed by atoms with Crippen molar-refractivity contribution in [2.24, 2.45) is 0 Å². The van der Waals surface area contributed by atoms with Crippen LogP contribution in [0.4, 0.5) is 0 Å². The van der Waals surface area contributed by atoms with Crippen LogP contribution < -0.4 is 0 Å². The Hall–Kier alpha value is -1.29. The van der Waals surface area contributed by atoms with Crippen LogP contribution in [0.5, 0.6) is 0 Å². The molecule has 0 saturated heterocycles. The van der Waals surface area contributed by atoms with Crippen molar-refractivity contribution in [2.75, 3.05) is 0 Å². The maximum absolute atomic E-state index is 10.9. The fourth-order valence-electron chi connectivity index (χ4n) is 1.98. The van der Waals surface area contributed by atoms with Gasteiger partial charge in [0, 0.05) is 21.8 Å². The molecule has 17 heavy (non-hydrogen) atoms. The number of nitrogens with one attached hydrogen (secondary N) is 1. The molecule has 3 rings (SSSR count). The van der Waals surface area contributed by atoms with Gasteiger partial charge in [-0.2, -0.15) is 0 Å². The van der Waals surface area contributed by atoms with Crippen molar-refractivity contribution in [1.82, 2.24) is 4.98 Å². The summed E-state index contributed by atoms with van der Waals surface area (Å²) >= 11 is 0. The number of carboxylic acid groups (broad SMARTS) is 1. The predicted molar refractivity (Wildman–Crippen MR) is 69.9 cm³/mol. The van der Waals surface area contributed by atoms with Crippen LogP contribution in [0.3, 0.4) is 0 Å². The van der Waals surface area contributed by atoms with Crippen LogP contribution in [0.2, 0.25) is 0 Å². The quantitative estimate of drug-likeness (QED) is 0.636. The van der Waals surface area contributed by atoms with Crippen LogP contribution >= 0.6 is 0 Å². The summed E-state index contributed by atoms with van der Waals surface area (Å²) in [4.78, 5) is 14.1. The number of hydrogen-bond donors (Lipinski definition) is 2. The summed E-state index contributed by atoms with van der Waals surface area (Å²) in [6, 6.07) is 13.0. The van der Waals surface area contributed by atoms with Crippen LogP contribution in [-0.4, -0.2) is 45.6 Å². The summed E-state index contributed by atoms with van der Waals surface area (Å²) in [5, 5.41) is 11.0. The Labute approximate surface area is 120 Å². The van der Waals surface area contributed by atoms with E-state index in [1.54, 1.807) is 18.2 Å². The number of aromatic carboxylic acids is 1. The summed E-state index contributed by atoms with van der Waals surface area (Å²) in [7, 11) is 0. The van der Waals surface area contributed by atoms with Gasteiger partial charge in [0.25, 0.3) is 0 Å². The van der Waals surface area contributed by atoms with E-state index in [0.717, 1.165) is 21.8 Å². The zero-order valence-electron chi connectivity index (χ0n) is 8.40. The molecule has 0 spiro atoms. The van der Waals surface area contributed by atoms with E-state index in [4.69, 9.17) is 5.11 Å². The molecule has 2 N–H and O–H groups in total. The zero-order chi connectivity index (χ0) is 11.1. The number of aromatic nitrogens is 1. The van der Waals surface area contributed by atoms with E-state index >= 15 is 0 Å². The van der Waals surface area contributed by atoms with Gasteiger partial charge in [0.05, 0.1) is 5.56 Å². The molecule has 4 heteroatoms. The van der Waals surface area contributed by atoms with Gasteiger partial charge < -0.3 is 10.1 Å². The molecule has 0 aliphatic carbocycles. The molecule has 3 aromatic rings. The van der Waals surface area contributed by atoms with Gasteiger partial charge in [-0.05, 0) is 24.3 Å². The molecule has 0 atom stereocenters. The van der Waals surface area contributed by atoms with E-state index in [0.29, 0.717) is 5.56 Å². The van der Waals surface area contributed by atoms with Gasteiger partial charge >= 0.3 is 35.5 Å². The minimum absolute atomic E-state index is 0. The summed E-state index contributed by atoms with van der Waals surface area (Å²) in [5.74, 6) is -0.896. The fraction of sp³-hybridized carbons (Fsp3) is 0. The molecule has 0 radical (unpaired) electrons. The molecule has 1 heterocycles. The first-order valence-corrected chi connectivity index (χ1v) is 4.99. The molecular formula is C13H10NNaO2. The van der Waals surface area contributed by atoms with E-state index in [-0.39, 0.29) is 29.6 Å². The number of hydrogen-bond acceptors (Lipinski definition) is 1. The van der Waals surface area contributed by atoms with Crippen molar-refractivity contribution < 1.29 is 9.90 Å². The van der Waals surface area contributed by atoms with Gasteiger partial charge in [0.2, 0.25) is 0 Å².